The Morgan fingerprint density at radius 3 is 1.47 bits per heavy atom. The van der Waals surface area contributed by atoms with Gasteiger partial charge in [0.2, 0.25) is 0 Å². The number of rotatable bonds is 25. The summed E-state index contributed by atoms with van der Waals surface area (Å²) >= 11 is 0. The summed E-state index contributed by atoms with van der Waals surface area (Å²) in [6.45, 7) is 6.89. The van der Waals surface area contributed by atoms with Gasteiger partial charge in [-0.1, -0.05) is 110 Å². The summed E-state index contributed by atoms with van der Waals surface area (Å²) in [4.78, 5) is 0. The van der Waals surface area contributed by atoms with Crippen LogP contribution in [-0.2, 0) is 18.9 Å². The van der Waals surface area contributed by atoms with Crippen LogP contribution in [0.25, 0.3) is 0 Å². The van der Waals surface area contributed by atoms with Crippen molar-refractivity contribution in [3.63, 3.8) is 0 Å². The average molecular weight is 429 g/mol. The second kappa shape index (κ2) is 26.6. The van der Waals surface area contributed by atoms with E-state index in [9.17, 15) is 0 Å². The molecule has 0 radical (unpaired) electrons. The van der Waals surface area contributed by atoms with Crippen molar-refractivity contribution in [2.45, 2.75) is 123 Å². The van der Waals surface area contributed by atoms with Gasteiger partial charge in [0.15, 0.2) is 6.29 Å². The minimum atomic E-state index is -0.259. The maximum absolute atomic E-state index is 5.97. The van der Waals surface area contributed by atoms with Crippen molar-refractivity contribution in [1.29, 1.82) is 0 Å². The van der Waals surface area contributed by atoms with Crippen molar-refractivity contribution in [2.75, 3.05) is 33.7 Å². The number of methoxy groups -OCH3 is 1. The molecule has 0 rings (SSSR count). The fourth-order valence-corrected chi connectivity index (χ4v) is 3.40. The van der Waals surface area contributed by atoms with Crippen LogP contribution >= 0.6 is 0 Å². The Balaban J connectivity index is 3.83. The standard InChI is InChI=1S/C26H52O4/c1-4-6-8-10-12-14-16-18-23-29-26(21-20-22-28-25-27-3)30-24-19-17-15-13-11-9-7-5-2/h20-21,26H,4-19,22-25H2,1-3H3. The molecular formula is C26H52O4. The van der Waals surface area contributed by atoms with Gasteiger partial charge in [-0.05, 0) is 18.9 Å². The first kappa shape index (κ1) is 29.6. The molecule has 0 aliphatic carbocycles. The molecule has 0 saturated carbocycles. The van der Waals surface area contributed by atoms with E-state index in [1.54, 1.807) is 7.11 Å². The van der Waals surface area contributed by atoms with E-state index >= 15 is 0 Å². The maximum atomic E-state index is 5.97. The lowest BCUT2D eigenvalue weighted by Crippen LogP contribution is -2.16. The smallest absolute Gasteiger partial charge is 0.176 e. The first-order chi connectivity index (χ1) is 14.8. The summed E-state index contributed by atoms with van der Waals surface area (Å²) in [6.07, 6.45) is 24.7. The molecule has 0 aliphatic rings. The first-order valence-corrected chi connectivity index (χ1v) is 12.8. The molecule has 4 heteroatoms. The van der Waals surface area contributed by atoms with Gasteiger partial charge in [-0.2, -0.15) is 0 Å². The molecular weight excluding hydrogens is 376 g/mol. The van der Waals surface area contributed by atoms with Crippen LogP contribution in [-0.4, -0.2) is 40.0 Å². The zero-order chi connectivity index (χ0) is 22.0. The second-order valence-electron chi connectivity index (χ2n) is 8.27. The SMILES string of the molecule is CCCCCCCCCCOC(C=CCOCOC)OCCCCCCCCCC. The quantitative estimate of drug-likeness (QED) is 0.0844. The van der Waals surface area contributed by atoms with Gasteiger partial charge in [-0.15, -0.1) is 0 Å². The van der Waals surface area contributed by atoms with Crippen LogP contribution < -0.4 is 0 Å². The summed E-state index contributed by atoms with van der Waals surface area (Å²) in [5.41, 5.74) is 0. The Labute approximate surface area is 188 Å². The van der Waals surface area contributed by atoms with Crippen molar-refractivity contribution < 1.29 is 18.9 Å². The van der Waals surface area contributed by atoms with E-state index in [4.69, 9.17) is 18.9 Å². The highest BCUT2D eigenvalue weighted by Gasteiger charge is 2.05. The maximum Gasteiger partial charge on any atom is 0.176 e. The van der Waals surface area contributed by atoms with E-state index in [0.717, 1.165) is 26.1 Å². The molecule has 0 aromatic rings. The molecule has 0 N–H and O–H groups in total. The molecule has 0 bridgehead atoms. The summed E-state index contributed by atoms with van der Waals surface area (Å²) in [6, 6.07) is 0. The summed E-state index contributed by atoms with van der Waals surface area (Å²) in [5, 5.41) is 0. The molecule has 0 saturated heterocycles. The third-order valence-corrected chi connectivity index (χ3v) is 5.27. The van der Waals surface area contributed by atoms with Gasteiger partial charge < -0.3 is 18.9 Å². The molecule has 0 spiro atoms. The van der Waals surface area contributed by atoms with Crippen LogP contribution in [0.4, 0.5) is 0 Å². The first-order valence-electron chi connectivity index (χ1n) is 12.8. The lowest BCUT2D eigenvalue weighted by Gasteiger charge is -2.15. The number of hydrogen-bond donors (Lipinski definition) is 0. The number of ether oxygens (including phenoxy) is 4. The number of unbranched alkanes of at least 4 members (excludes halogenated alkanes) is 14. The van der Waals surface area contributed by atoms with Crippen molar-refractivity contribution in [1.82, 2.24) is 0 Å². The van der Waals surface area contributed by atoms with Crippen LogP contribution in [0.2, 0.25) is 0 Å². The van der Waals surface area contributed by atoms with Crippen molar-refractivity contribution in [2.24, 2.45) is 0 Å². The molecule has 0 aromatic carbocycles. The molecule has 30 heavy (non-hydrogen) atoms. The lowest BCUT2D eigenvalue weighted by atomic mass is 10.1. The molecule has 4 nitrogen and oxygen atoms in total. The van der Waals surface area contributed by atoms with Gasteiger partial charge in [0.05, 0.1) is 19.8 Å². The van der Waals surface area contributed by atoms with Gasteiger partial charge in [0, 0.05) is 7.11 Å². The highest BCUT2D eigenvalue weighted by atomic mass is 16.7. The normalized spacial score (nSPS) is 11.9. The summed E-state index contributed by atoms with van der Waals surface area (Å²) in [5.74, 6) is 0. The predicted molar refractivity (Wildman–Crippen MR) is 128 cm³/mol. The Bertz CT molecular complexity index is 311. The van der Waals surface area contributed by atoms with E-state index in [1.165, 1.54) is 89.9 Å². The fraction of sp³-hybridized carbons (Fsp3) is 0.923. The van der Waals surface area contributed by atoms with Gasteiger partial charge >= 0.3 is 0 Å². The third-order valence-electron chi connectivity index (χ3n) is 5.27. The van der Waals surface area contributed by atoms with Crippen LogP contribution in [0.15, 0.2) is 12.2 Å². The Morgan fingerprint density at radius 1 is 0.600 bits per heavy atom. The van der Waals surface area contributed by atoms with Crippen molar-refractivity contribution in [3.05, 3.63) is 12.2 Å². The molecule has 0 unspecified atom stereocenters. The Kier molecular flexibility index (Phi) is 26.2. The minimum Gasteiger partial charge on any atom is -0.359 e. The highest BCUT2D eigenvalue weighted by molar-refractivity contribution is 4.85. The zero-order valence-corrected chi connectivity index (χ0v) is 20.5. The van der Waals surface area contributed by atoms with Crippen LogP contribution in [0.3, 0.4) is 0 Å². The monoisotopic (exact) mass is 428 g/mol. The number of hydrogen-bond acceptors (Lipinski definition) is 4. The van der Waals surface area contributed by atoms with E-state index in [-0.39, 0.29) is 6.29 Å². The predicted octanol–water partition coefficient (Wildman–Crippen LogP) is 7.80. The van der Waals surface area contributed by atoms with Crippen molar-refractivity contribution >= 4 is 0 Å². The molecule has 0 heterocycles. The van der Waals surface area contributed by atoms with Crippen LogP contribution in [0.1, 0.15) is 117 Å². The molecule has 0 fully saturated rings. The molecule has 0 amide bonds. The van der Waals surface area contributed by atoms with Crippen molar-refractivity contribution in [3.8, 4) is 0 Å². The average Bonchev–Trinajstić information content (AvgIpc) is 2.76. The van der Waals surface area contributed by atoms with Gasteiger partial charge in [-0.25, -0.2) is 0 Å². The summed E-state index contributed by atoms with van der Waals surface area (Å²) in [7, 11) is 1.63. The third kappa shape index (κ3) is 23.9. The molecule has 180 valence electrons. The van der Waals surface area contributed by atoms with Crippen LogP contribution in [0, 0.1) is 0 Å². The van der Waals surface area contributed by atoms with Gasteiger partial charge in [0.1, 0.15) is 6.79 Å². The molecule has 0 aromatic heterocycles. The van der Waals surface area contributed by atoms with E-state index < -0.39 is 0 Å². The largest absolute Gasteiger partial charge is 0.359 e. The topological polar surface area (TPSA) is 36.9 Å². The van der Waals surface area contributed by atoms with Gasteiger partial charge in [-0.3, -0.25) is 0 Å². The fourth-order valence-electron chi connectivity index (χ4n) is 3.40. The molecule has 0 atom stereocenters. The second-order valence-corrected chi connectivity index (χ2v) is 8.27. The van der Waals surface area contributed by atoms with E-state index in [2.05, 4.69) is 13.8 Å². The van der Waals surface area contributed by atoms with Gasteiger partial charge in [0.25, 0.3) is 0 Å². The lowest BCUT2D eigenvalue weighted by molar-refractivity contribution is -0.113. The van der Waals surface area contributed by atoms with Crippen LogP contribution in [0.5, 0.6) is 0 Å². The Morgan fingerprint density at radius 2 is 1.03 bits per heavy atom. The van der Waals surface area contributed by atoms with E-state index in [1.807, 2.05) is 12.2 Å². The highest BCUT2D eigenvalue weighted by Crippen LogP contribution is 2.11. The summed E-state index contributed by atoms with van der Waals surface area (Å²) < 4.78 is 22.1. The zero-order valence-electron chi connectivity index (χ0n) is 20.5. The molecule has 0 aliphatic heterocycles. The van der Waals surface area contributed by atoms with E-state index in [0.29, 0.717) is 13.4 Å². The minimum absolute atomic E-state index is 0.259. The Hall–Kier alpha value is -0.420.